The van der Waals surface area contributed by atoms with Gasteiger partial charge in [0, 0.05) is 25.7 Å². The molecule has 0 rings (SSSR count). The monoisotopic (exact) mass is 1280 g/mol. The van der Waals surface area contributed by atoms with Crippen molar-refractivity contribution in [2.75, 3.05) is 39.6 Å². The van der Waals surface area contributed by atoms with Crippen molar-refractivity contribution < 1.29 is 80.2 Å². The molecule has 0 saturated carbocycles. The Morgan fingerprint density at radius 1 is 0.333 bits per heavy atom. The zero-order valence-corrected chi connectivity index (χ0v) is 58.1. The first-order chi connectivity index (χ1) is 41.9. The molecule has 17 nitrogen and oxygen atoms in total. The molecule has 0 heterocycles. The Morgan fingerprint density at radius 2 is 0.586 bits per heavy atom. The van der Waals surface area contributed by atoms with Gasteiger partial charge < -0.3 is 33.8 Å². The van der Waals surface area contributed by atoms with Crippen molar-refractivity contribution >= 4 is 39.5 Å². The molecule has 6 atom stereocenters. The van der Waals surface area contributed by atoms with Crippen LogP contribution in [0.25, 0.3) is 0 Å². The van der Waals surface area contributed by atoms with Crippen LogP contribution in [0, 0.1) is 11.8 Å². The van der Waals surface area contributed by atoms with Gasteiger partial charge in [0.15, 0.2) is 12.2 Å². The summed E-state index contributed by atoms with van der Waals surface area (Å²) in [6, 6.07) is 0. The third-order valence-electron chi connectivity index (χ3n) is 16.1. The number of phosphoric ester groups is 2. The second-order valence-corrected chi connectivity index (χ2v) is 28.2. The van der Waals surface area contributed by atoms with Gasteiger partial charge in [0.1, 0.15) is 19.3 Å². The first-order valence-corrected chi connectivity index (χ1v) is 38.5. The van der Waals surface area contributed by atoms with Crippen molar-refractivity contribution in [2.45, 2.75) is 362 Å². The standard InChI is InChI=1S/C68H132O17P2/c1-7-10-12-14-16-17-18-19-20-21-22-23-24-29-33-40-46-52-67(72)84-63(57-79-66(71)51-45-39-32-28-26-25-27-31-37-43-49-61(6)9-3)58-82-86(74,75)80-54-62(69)55-81-87(76,77)83-59-64(56-78-65(70)50-44-38-30-15-13-11-8-2)85-68(73)53-47-41-35-34-36-42-48-60(4)5/h60-64,69H,7-59H2,1-6H3,(H,74,75)(H,76,77)/t61?,62-,63-,64-/m1/s1. The van der Waals surface area contributed by atoms with Crippen molar-refractivity contribution in [1.82, 2.24) is 0 Å². The molecule has 19 heteroatoms. The minimum Gasteiger partial charge on any atom is -0.462 e. The summed E-state index contributed by atoms with van der Waals surface area (Å²) in [5.74, 6) is -0.656. The molecule has 0 aliphatic heterocycles. The minimum atomic E-state index is -4.95. The average molecular weight is 1280 g/mol. The third kappa shape index (κ3) is 61.3. The van der Waals surface area contributed by atoms with E-state index in [9.17, 15) is 43.2 Å². The molecule has 0 aromatic heterocycles. The highest BCUT2D eigenvalue weighted by Gasteiger charge is 2.30. The van der Waals surface area contributed by atoms with E-state index >= 15 is 0 Å². The topological polar surface area (TPSA) is 237 Å². The largest absolute Gasteiger partial charge is 0.472 e. The number of esters is 4. The van der Waals surface area contributed by atoms with Crippen LogP contribution >= 0.6 is 15.6 Å². The molecule has 3 N–H and O–H groups in total. The smallest absolute Gasteiger partial charge is 0.462 e. The highest BCUT2D eigenvalue weighted by molar-refractivity contribution is 7.47. The molecule has 0 bridgehead atoms. The number of ether oxygens (including phenoxy) is 4. The van der Waals surface area contributed by atoms with E-state index < -0.39 is 97.5 Å². The summed E-state index contributed by atoms with van der Waals surface area (Å²) in [6.07, 6.45) is 44.7. The Kier molecular flexibility index (Phi) is 59.0. The lowest BCUT2D eigenvalue weighted by Crippen LogP contribution is -2.30. The molecule has 0 aliphatic rings. The molecule has 0 saturated heterocycles. The van der Waals surface area contributed by atoms with Crippen LogP contribution in [-0.2, 0) is 65.4 Å². The number of aliphatic hydroxyl groups is 1. The Bertz CT molecular complexity index is 1700. The lowest BCUT2D eigenvalue weighted by Gasteiger charge is -2.21. The molecule has 0 radical (unpaired) electrons. The Labute approximate surface area is 530 Å². The van der Waals surface area contributed by atoms with Crippen molar-refractivity contribution in [3.8, 4) is 0 Å². The van der Waals surface area contributed by atoms with Crippen molar-refractivity contribution in [3.63, 3.8) is 0 Å². The number of phosphoric acid groups is 2. The second-order valence-electron chi connectivity index (χ2n) is 25.3. The van der Waals surface area contributed by atoms with E-state index in [0.717, 1.165) is 109 Å². The van der Waals surface area contributed by atoms with Crippen LogP contribution in [0.1, 0.15) is 343 Å². The summed E-state index contributed by atoms with van der Waals surface area (Å²) < 4.78 is 68.1. The highest BCUT2D eigenvalue weighted by atomic mass is 31.2. The number of carbonyl (C=O) groups is 4. The maximum Gasteiger partial charge on any atom is 0.472 e. The molecule has 516 valence electrons. The molecule has 0 aromatic carbocycles. The van der Waals surface area contributed by atoms with E-state index in [4.69, 9.17) is 37.0 Å². The Morgan fingerprint density at radius 3 is 0.874 bits per heavy atom. The van der Waals surface area contributed by atoms with Gasteiger partial charge >= 0.3 is 39.5 Å². The first kappa shape index (κ1) is 85.1. The normalized spacial score (nSPS) is 14.5. The van der Waals surface area contributed by atoms with Gasteiger partial charge in [-0.2, -0.15) is 0 Å². The Hall–Kier alpha value is -1.94. The summed E-state index contributed by atoms with van der Waals surface area (Å²) in [5, 5.41) is 10.5. The van der Waals surface area contributed by atoms with Crippen LogP contribution in [-0.4, -0.2) is 96.7 Å². The van der Waals surface area contributed by atoms with Crippen LogP contribution in [0.15, 0.2) is 0 Å². The van der Waals surface area contributed by atoms with E-state index in [1.165, 1.54) is 148 Å². The van der Waals surface area contributed by atoms with E-state index in [1.54, 1.807) is 0 Å². The fraction of sp³-hybridized carbons (Fsp3) is 0.941. The molecule has 3 unspecified atom stereocenters. The number of carbonyl (C=O) groups excluding carboxylic acids is 4. The Balaban J connectivity index is 5.20. The maximum atomic E-state index is 13.0. The van der Waals surface area contributed by atoms with Crippen LogP contribution in [0.2, 0.25) is 0 Å². The van der Waals surface area contributed by atoms with E-state index in [-0.39, 0.29) is 25.7 Å². The summed E-state index contributed by atoms with van der Waals surface area (Å²) in [5.41, 5.74) is 0. The molecule has 0 aromatic rings. The fourth-order valence-corrected chi connectivity index (χ4v) is 11.8. The van der Waals surface area contributed by atoms with Gasteiger partial charge in [-0.15, -0.1) is 0 Å². The number of hydrogen-bond acceptors (Lipinski definition) is 15. The number of unbranched alkanes of at least 4 members (excludes halogenated alkanes) is 36. The van der Waals surface area contributed by atoms with E-state index in [2.05, 4.69) is 41.5 Å². The van der Waals surface area contributed by atoms with Gasteiger partial charge in [-0.1, -0.05) is 292 Å². The summed E-state index contributed by atoms with van der Waals surface area (Å²) in [6.45, 7) is 9.43. The summed E-state index contributed by atoms with van der Waals surface area (Å²) in [4.78, 5) is 72.3. The molecule has 0 fully saturated rings. The summed E-state index contributed by atoms with van der Waals surface area (Å²) >= 11 is 0. The zero-order valence-electron chi connectivity index (χ0n) is 56.3. The van der Waals surface area contributed by atoms with Crippen LogP contribution in [0.3, 0.4) is 0 Å². The van der Waals surface area contributed by atoms with E-state index in [0.29, 0.717) is 31.6 Å². The predicted molar refractivity (Wildman–Crippen MR) is 349 cm³/mol. The van der Waals surface area contributed by atoms with Crippen molar-refractivity contribution in [3.05, 3.63) is 0 Å². The van der Waals surface area contributed by atoms with Crippen molar-refractivity contribution in [1.29, 1.82) is 0 Å². The molecule has 0 spiro atoms. The molecule has 0 aliphatic carbocycles. The highest BCUT2D eigenvalue weighted by Crippen LogP contribution is 2.45. The van der Waals surface area contributed by atoms with Gasteiger partial charge in [-0.05, 0) is 37.5 Å². The van der Waals surface area contributed by atoms with Gasteiger partial charge in [0.2, 0.25) is 0 Å². The van der Waals surface area contributed by atoms with Crippen LogP contribution in [0.5, 0.6) is 0 Å². The van der Waals surface area contributed by atoms with Gasteiger partial charge in [0.25, 0.3) is 0 Å². The molecular formula is C68H132O17P2. The van der Waals surface area contributed by atoms with Gasteiger partial charge in [-0.25, -0.2) is 9.13 Å². The quantitative estimate of drug-likeness (QED) is 0.0222. The lowest BCUT2D eigenvalue weighted by molar-refractivity contribution is -0.161. The second kappa shape index (κ2) is 60.3. The number of hydrogen-bond donors (Lipinski definition) is 3. The minimum absolute atomic E-state index is 0.102. The van der Waals surface area contributed by atoms with Crippen molar-refractivity contribution in [2.24, 2.45) is 11.8 Å². The lowest BCUT2D eigenvalue weighted by atomic mass is 9.99. The van der Waals surface area contributed by atoms with Gasteiger partial charge in [-0.3, -0.25) is 37.3 Å². The first-order valence-electron chi connectivity index (χ1n) is 35.5. The predicted octanol–water partition coefficient (Wildman–Crippen LogP) is 19.2. The molecule has 87 heavy (non-hydrogen) atoms. The average Bonchev–Trinajstić information content (AvgIpc) is 3.68. The third-order valence-corrected chi connectivity index (χ3v) is 18.0. The van der Waals surface area contributed by atoms with E-state index in [1.807, 2.05) is 0 Å². The molecular weight excluding hydrogens is 1150 g/mol. The number of aliphatic hydroxyl groups excluding tert-OH is 1. The van der Waals surface area contributed by atoms with Gasteiger partial charge in [0.05, 0.1) is 26.4 Å². The van der Waals surface area contributed by atoms with Crippen LogP contribution in [0.4, 0.5) is 0 Å². The number of rotatable bonds is 67. The maximum absolute atomic E-state index is 13.0. The molecule has 0 amide bonds. The zero-order chi connectivity index (χ0) is 64.3. The SMILES string of the molecule is CCCCCCCCCCCCCCCCCCCC(=O)O[C@H](COC(=O)CCCCCCCCCCCCC(C)CC)COP(=O)(O)OC[C@@H](O)COP(=O)(O)OC[C@@H](COC(=O)CCCCCCCCC)OC(=O)CCCCCCCCC(C)C. The summed E-state index contributed by atoms with van der Waals surface area (Å²) in [7, 11) is -9.89. The fourth-order valence-electron chi connectivity index (χ4n) is 10.2. The van der Waals surface area contributed by atoms with Crippen LogP contribution < -0.4 is 0 Å².